The SMILES string of the molecule is CC(C)(C)c1ccc(-c2ccccc2N(c2ccc3c(c2)C2(c4ccccc4-c4ccccc42)c2ccccc2-3)c2ccc3c(c2)oc2ccccc23)cc1. The van der Waals surface area contributed by atoms with E-state index in [1.165, 1.54) is 61.2 Å². The molecule has 2 nitrogen and oxygen atoms in total. The molecule has 262 valence electrons. The van der Waals surface area contributed by atoms with E-state index in [0.717, 1.165) is 39.0 Å². The van der Waals surface area contributed by atoms with Crippen LogP contribution in [0.15, 0.2) is 186 Å². The maximum absolute atomic E-state index is 6.52. The number of hydrogen-bond donors (Lipinski definition) is 0. The Morgan fingerprint density at radius 2 is 0.927 bits per heavy atom. The molecule has 0 unspecified atom stereocenters. The molecule has 0 radical (unpaired) electrons. The molecule has 0 fully saturated rings. The summed E-state index contributed by atoms with van der Waals surface area (Å²) in [5.74, 6) is 0. The van der Waals surface area contributed by atoms with E-state index in [0.29, 0.717) is 0 Å². The lowest BCUT2D eigenvalue weighted by Gasteiger charge is -2.32. The zero-order valence-corrected chi connectivity index (χ0v) is 31.2. The Hall–Kier alpha value is -6.64. The van der Waals surface area contributed by atoms with Crippen LogP contribution in [0, 0.1) is 0 Å². The minimum Gasteiger partial charge on any atom is -0.456 e. The van der Waals surface area contributed by atoms with Gasteiger partial charge in [0.15, 0.2) is 0 Å². The lowest BCUT2D eigenvalue weighted by Crippen LogP contribution is -2.26. The van der Waals surface area contributed by atoms with Crippen molar-refractivity contribution in [3.63, 3.8) is 0 Å². The van der Waals surface area contributed by atoms with E-state index < -0.39 is 5.41 Å². The highest BCUT2D eigenvalue weighted by Crippen LogP contribution is 2.63. The van der Waals surface area contributed by atoms with E-state index in [1.54, 1.807) is 0 Å². The Morgan fingerprint density at radius 1 is 0.418 bits per heavy atom. The van der Waals surface area contributed by atoms with Crippen molar-refractivity contribution in [2.45, 2.75) is 31.6 Å². The van der Waals surface area contributed by atoms with Crippen LogP contribution in [0.1, 0.15) is 48.6 Å². The monoisotopic (exact) mass is 705 g/mol. The molecule has 0 amide bonds. The average Bonchev–Trinajstić information content (AvgIpc) is 3.85. The summed E-state index contributed by atoms with van der Waals surface area (Å²) in [6.45, 7) is 6.81. The van der Waals surface area contributed by atoms with E-state index in [-0.39, 0.29) is 5.41 Å². The van der Waals surface area contributed by atoms with Crippen LogP contribution in [0.5, 0.6) is 0 Å². The minimum absolute atomic E-state index is 0.0709. The lowest BCUT2D eigenvalue weighted by atomic mass is 9.70. The number of fused-ring (bicyclic) bond motifs is 13. The van der Waals surface area contributed by atoms with E-state index in [9.17, 15) is 0 Å². The third kappa shape index (κ3) is 4.55. The fraction of sp³-hybridized carbons (Fsp3) is 0.0943. The summed E-state index contributed by atoms with van der Waals surface area (Å²) >= 11 is 0. The Morgan fingerprint density at radius 3 is 1.58 bits per heavy atom. The molecule has 2 aliphatic carbocycles. The smallest absolute Gasteiger partial charge is 0.137 e. The number of hydrogen-bond acceptors (Lipinski definition) is 2. The number of anilines is 3. The van der Waals surface area contributed by atoms with Crippen LogP contribution in [-0.4, -0.2) is 0 Å². The van der Waals surface area contributed by atoms with Gasteiger partial charge in [-0.05, 0) is 97.4 Å². The third-order valence-electron chi connectivity index (χ3n) is 12.1. The van der Waals surface area contributed by atoms with Gasteiger partial charge in [-0.25, -0.2) is 0 Å². The van der Waals surface area contributed by atoms with Crippen LogP contribution < -0.4 is 4.90 Å². The molecule has 9 aromatic rings. The minimum atomic E-state index is -0.439. The molecule has 55 heavy (non-hydrogen) atoms. The molecule has 0 N–H and O–H groups in total. The Bertz CT molecular complexity index is 2910. The summed E-state index contributed by atoms with van der Waals surface area (Å²) in [6, 6.07) is 67.1. The Labute approximate surface area is 322 Å². The van der Waals surface area contributed by atoms with Gasteiger partial charge in [-0.15, -0.1) is 0 Å². The summed E-state index contributed by atoms with van der Waals surface area (Å²) < 4.78 is 6.52. The average molecular weight is 706 g/mol. The van der Waals surface area contributed by atoms with Gasteiger partial charge in [0.05, 0.1) is 11.1 Å². The maximum Gasteiger partial charge on any atom is 0.137 e. The highest BCUT2D eigenvalue weighted by atomic mass is 16.3. The van der Waals surface area contributed by atoms with Crippen molar-refractivity contribution in [1.29, 1.82) is 0 Å². The quantitative estimate of drug-likeness (QED) is 0.181. The van der Waals surface area contributed by atoms with Gasteiger partial charge in [0.25, 0.3) is 0 Å². The molecule has 8 aromatic carbocycles. The number of benzene rings is 8. The van der Waals surface area contributed by atoms with E-state index in [4.69, 9.17) is 4.42 Å². The standard InChI is InChI=1S/C53H39NO/c1-52(2,3)35-26-24-34(25-27-35)38-14-7-12-22-49(38)54(37-29-31-44-43-18-8-13-23-50(43)55-51(44)33-37)36-28-30-42-41-17-6-11-21-47(41)53(48(42)32-36)45-19-9-4-15-39(45)40-16-5-10-20-46(40)53/h4-33H,1-3H3. The first kappa shape index (κ1) is 31.8. The summed E-state index contributed by atoms with van der Waals surface area (Å²) in [6.07, 6.45) is 0. The Kier molecular flexibility index (Phi) is 6.76. The molecule has 0 saturated heterocycles. The van der Waals surface area contributed by atoms with Gasteiger partial charge in [-0.1, -0.05) is 160 Å². The molecule has 2 aliphatic rings. The third-order valence-corrected chi connectivity index (χ3v) is 12.1. The van der Waals surface area contributed by atoms with E-state index in [2.05, 4.69) is 202 Å². The van der Waals surface area contributed by atoms with Gasteiger partial charge in [0.2, 0.25) is 0 Å². The summed E-state index contributed by atoms with van der Waals surface area (Å²) in [4.78, 5) is 2.43. The van der Waals surface area contributed by atoms with Gasteiger partial charge < -0.3 is 9.32 Å². The molecular formula is C53H39NO. The second kappa shape index (κ2) is 11.7. The molecule has 2 heteroatoms. The first-order chi connectivity index (χ1) is 26.9. The predicted molar refractivity (Wildman–Crippen MR) is 229 cm³/mol. The van der Waals surface area contributed by atoms with Gasteiger partial charge >= 0.3 is 0 Å². The molecule has 0 saturated carbocycles. The van der Waals surface area contributed by atoms with Crippen LogP contribution in [-0.2, 0) is 10.8 Å². The lowest BCUT2D eigenvalue weighted by molar-refractivity contribution is 0.590. The van der Waals surface area contributed by atoms with Crippen LogP contribution in [0.3, 0.4) is 0 Å². The van der Waals surface area contributed by atoms with Gasteiger partial charge in [0, 0.05) is 33.8 Å². The molecular weight excluding hydrogens is 667 g/mol. The highest BCUT2D eigenvalue weighted by molar-refractivity contribution is 6.06. The predicted octanol–water partition coefficient (Wildman–Crippen LogP) is 14.4. The van der Waals surface area contributed by atoms with Crippen LogP contribution in [0.2, 0.25) is 0 Å². The maximum atomic E-state index is 6.52. The molecule has 1 spiro atoms. The largest absolute Gasteiger partial charge is 0.456 e. The molecule has 1 aromatic heterocycles. The first-order valence-corrected chi connectivity index (χ1v) is 19.3. The van der Waals surface area contributed by atoms with Crippen molar-refractivity contribution in [2.75, 3.05) is 4.90 Å². The second-order valence-corrected chi connectivity index (χ2v) is 16.1. The number of para-hydroxylation sites is 2. The number of furan rings is 1. The highest BCUT2D eigenvalue weighted by Gasteiger charge is 2.51. The van der Waals surface area contributed by atoms with Crippen molar-refractivity contribution >= 4 is 39.0 Å². The first-order valence-electron chi connectivity index (χ1n) is 19.3. The molecule has 0 aliphatic heterocycles. The molecule has 0 bridgehead atoms. The van der Waals surface area contributed by atoms with Crippen molar-refractivity contribution in [3.05, 3.63) is 210 Å². The summed E-state index contributed by atoms with van der Waals surface area (Å²) in [5.41, 5.74) is 18.9. The van der Waals surface area contributed by atoms with E-state index >= 15 is 0 Å². The van der Waals surface area contributed by atoms with Gasteiger partial charge in [-0.2, -0.15) is 0 Å². The number of rotatable bonds is 4. The Balaban J connectivity index is 1.18. The second-order valence-electron chi connectivity index (χ2n) is 16.1. The van der Waals surface area contributed by atoms with Gasteiger partial charge in [-0.3, -0.25) is 0 Å². The normalized spacial score (nSPS) is 13.5. The topological polar surface area (TPSA) is 16.4 Å². The van der Waals surface area contributed by atoms with Crippen molar-refractivity contribution < 1.29 is 4.42 Å². The fourth-order valence-corrected chi connectivity index (χ4v) is 9.57. The molecule has 1 heterocycles. The van der Waals surface area contributed by atoms with Crippen LogP contribution in [0.25, 0.3) is 55.3 Å². The van der Waals surface area contributed by atoms with Crippen molar-refractivity contribution in [1.82, 2.24) is 0 Å². The van der Waals surface area contributed by atoms with Crippen LogP contribution in [0.4, 0.5) is 17.1 Å². The molecule has 11 rings (SSSR count). The summed E-state index contributed by atoms with van der Waals surface area (Å²) in [5, 5.41) is 2.25. The van der Waals surface area contributed by atoms with Crippen LogP contribution >= 0.6 is 0 Å². The number of nitrogens with zero attached hydrogens (tertiary/aromatic N) is 1. The molecule has 0 atom stereocenters. The zero-order chi connectivity index (χ0) is 36.9. The van der Waals surface area contributed by atoms with Crippen molar-refractivity contribution in [2.24, 2.45) is 0 Å². The van der Waals surface area contributed by atoms with E-state index in [1.807, 2.05) is 6.07 Å². The van der Waals surface area contributed by atoms with Gasteiger partial charge in [0.1, 0.15) is 11.2 Å². The fourth-order valence-electron chi connectivity index (χ4n) is 9.57. The van der Waals surface area contributed by atoms with Crippen molar-refractivity contribution in [3.8, 4) is 33.4 Å². The summed E-state index contributed by atoms with van der Waals surface area (Å²) in [7, 11) is 0. The zero-order valence-electron chi connectivity index (χ0n) is 31.2.